The van der Waals surface area contributed by atoms with Gasteiger partial charge in [-0.1, -0.05) is 5.16 Å². The summed E-state index contributed by atoms with van der Waals surface area (Å²) in [7, 11) is 0. The molecular formula is C15H17N5O2. The van der Waals surface area contributed by atoms with Crippen LogP contribution in [-0.2, 0) is 11.2 Å². The summed E-state index contributed by atoms with van der Waals surface area (Å²) in [5.41, 5.74) is 0.880. The predicted molar refractivity (Wildman–Crippen MR) is 80.5 cm³/mol. The van der Waals surface area contributed by atoms with Gasteiger partial charge in [0.25, 0.3) is 5.89 Å². The molecule has 22 heavy (non-hydrogen) atoms. The first-order valence-corrected chi connectivity index (χ1v) is 7.50. The maximum absolute atomic E-state index is 5.53. The number of rotatable bonds is 5. The fraction of sp³-hybridized carbons (Fsp3) is 0.400. The molecule has 0 radical (unpaired) electrons. The van der Waals surface area contributed by atoms with E-state index in [2.05, 4.69) is 25.4 Å². The van der Waals surface area contributed by atoms with Crippen molar-refractivity contribution < 1.29 is 9.26 Å². The molecule has 3 aromatic heterocycles. The molecule has 1 atom stereocenters. The van der Waals surface area contributed by atoms with E-state index in [1.54, 1.807) is 0 Å². The largest absolute Gasteiger partial charge is 0.370 e. The highest BCUT2D eigenvalue weighted by molar-refractivity contribution is 5.77. The Balaban J connectivity index is 1.34. The van der Waals surface area contributed by atoms with Gasteiger partial charge in [0, 0.05) is 31.2 Å². The van der Waals surface area contributed by atoms with E-state index in [0.717, 1.165) is 36.3 Å². The second kappa shape index (κ2) is 5.76. The van der Waals surface area contributed by atoms with E-state index in [1.807, 2.05) is 24.4 Å². The van der Waals surface area contributed by atoms with Crippen molar-refractivity contribution in [3.8, 4) is 0 Å². The fourth-order valence-electron chi connectivity index (χ4n) is 2.60. The number of fused-ring (bicyclic) bond motifs is 1. The van der Waals surface area contributed by atoms with Crippen molar-refractivity contribution >= 4 is 16.9 Å². The van der Waals surface area contributed by atoms with Crippen LogP contribution in [0, 0.1) is 0 Å². The van der Waals surface area contributed by atoms with Crippen LogP contribution in [0.3, 0.4) is 0 Å². The third-order valence-corrected chi connectivity index (χ3v) is 3.75. The van der Waals surface area contributed by atoms with Crippen LogP contribution < -0.4 is 5.32 Å². The standard InChI is InChI=1S/C15H17N5O2/c1-2-11(21-9-1)15-19-13(20-22-15)6-8-16-12-4-3-10-5-7-17-14(10)18-12/h3-5,7,11H,1-2,6,8-9H2,(H2,16,17,18). The highest BCUT2D eigenvalue weighted by Gasteiger charge is 2.23. The lowest BCUT2D eigenvalue weighted by Crippen LogP contribution is -2.07. The molecule has 7 nitrogen and oxygen atoms in total. The van der Waals surface area contributed by atoms with E-state index < -0.39 is 0 Å². The lowest BCUT2D eigenvalue weighted by molar-refractivity contribution is 0.0835. The molecule has 3 aromatic rings. The van der Waals surface area contributed by atoms with Crippen molar-refractivity contribution in [2.45, 2.75) is 25.4 Å². The van der Waals surface area contributed by atoms with Gasteiger partial charge in [-0.25, -0.2) is 4.98 Å². The van der Waals surface area contributed by atoms with Gasteiger partial charge in [0.15, 0.2) is 5.82 Å². The number of H-pyrrole nitrogens is 1. The van der Waals surface area contributed by atoms with Crippen LogP contribution in [0.25, 0.3) is 11.0 Å². The second-order valence-corrected chi connectivity index (χ2v) is 5.34. The molecule has 1 saturated heterocycles. The average Bonchev–Trinajstić information content (AvgIpc) is 3.28. The Morgan fingerprint density at radius 1 is 1.27 bits per heavy atom. The van der Waals surface area contributed by atoms with Gasteiger partial charge < -0.3 is 19.6 Å². The van der Waals surface area contributed by atoms with Gasteiger partial charge in [0.05, 0.1) is 0 Å². The molecule has 0 aliphatic carbocycles. The fourth-order valence-corrected chi connectivity index (χ4v) is 2.60. The third kappa shape index (κ3) is 2.67. The van der Waals surface area contributed by atoms with Crippen molar-refractivity contribution in [1.29, 1.82) is 0 Å². The molecule has 0 spiro atoms. The normalized spacial score (nSPS) is 18.1. The van der Waals surface area contributed by atoms with Crippen LogP contribution in [0.15, 0.2) is 28.9 Å². The molecule has 7 heteroatoms. The number of hydrogen-bond acceptors (Lipinski definition) is 6. The number of nitrogens with zero attached hydrogens (tertiary/aromatic N) is 3. The highest BCUT2D eigenvalue weighted by atomic mass is 16.5. The number of aromatic nitrogens is 4. The van der Waals surface area contributed by atoms with Crippen molar-refractivity contribution in [1.82, 2.24) is 20.1 Å². The first kappa shape index (κ1) is 13.3. The van der Waals surface area contributed by atoms with Gasteiger partial charge in [-0.05, 0) is 31.0 Å². The molecule has 114 valence electrons. The van der Waals surface area contributed by atoms with Crippen molar-refractivity contribution in [2.24, 2.45) is 0 Å². The predicted octanol–water partition coefficient (Wildman–Crippen LogP) is 2.45. The zero-order chi connectivity index (χ0) is 14.8. The minimum Gasteiger partial charge on any atom is -0.370 e. The SMILES string of the molecule is c1cc2ccc(NCCc3noc(C4CCCO4)n3)nc2[nH]1. The highest BCUT2D eigenvalue weighted by Crippen LogP contribution is 2.26. The monoisotopic (exact) mass is 299 g/mol. The Bertz CT molecular complexity index is 760. The number of nitrogens with one attached hydrogen (secondary N) is 2. The number of anilines is 1. The van der Waals surface area contributed by atoms with Crippen LogP contribution in [0.4, 0.5) is 5.82 Å². The molecule has 0 aromatic carbocycles. The third-order valence-electron chi connectivity index (χ3n) is 3.75. The Kier molecular flexibility index (Phi) is 3.48. The van der Waals surface area contributed by atoms with Gasteiger partial charge in [-0.15, -0.1) is 0 Å². The Labute approximate surface area is 127 Å². The summed E-state index contributed by atoms with van der Waals surface area (Å²) in [6, 6.07) is 5.99. The van der Waals surface area contributed by atoms with E-state index >= 15 is 0 Å². The maximum Gasteiger partial charge on any atom is 0.255 e. The van der Waals surface area contributed by atoms with Crippen LogP contribution >= 0.6 is 0 Å². The molecular weight excluding hydrogens is 282 g/mol. The van der Waals surface area contributed by atoms with E-state index in [0.29, 0.717) is 24.7 Å². The molecule has 1 unspecified atom stereocenters. The van der Waals surface area contributed by atoms with Crippen LogP contribution in [0.2, 0.25) is 0 Å². The second-order valence-electron chi connectivity index (χ2n) is 5.34. The Morgan fingerprint density at radius 2 is 2.27 bits per heavy atom. The van der Waals surface area contributed by atoms with Gasteiger partial charge >= 0.3 is 0 Å². The van der Waals surface area contributed by atoms with Crippen LogP contribution in [0.1, 0.15) is 30.7 Å². The van der Waals surface area contributed by atoms with Gasteiger partial charge in [-0.2, -0.15) is 4.98 Å². The molecule has 0 amide bonds. The first-order chi connectivity index (χ1) is 10.9. The zero-order valence-corrected chi connectivity index (χ0v) is 12.1. The molecule has 2 N–H and O–H groups in total. The molecule has 0 saturated carbocycles. The topological polar surface area (TPSA) is 88.9 Å². The quantitative estimate of drug-likeness (QED) is 0.752. The molecule has 1 fully saturated rings. The maximum atomic E-state index is 5.53. The summed E-state index contributed by atoms with van der Waals surface area (Å²) in [5.74, 6) is 2.12. The Morgan fingerprint density at radius 3 is 3.18 bits per heavy atom. The van der Waals surface area contributed by atoms with Crippen molar-refractivity contribution in [3.63, 3.8) is 0 Å². The Hall–Kier alpha value is -2.41. The van der Waals surface area contributed by atoms with E-state index in [4.69, 9.17) is 9.26 Å². The van der Waals surface area contributed by atoms with Crippen molar-refractivity contribution in [3.05, 3.63) is 36.1 Å². The van der Waals surface area contributed by atoms with Gasteiger partial charge in [-0.3, -0.25) is 0 Å². The first-order valence-electron chi connectivity index (χ1n) is 7.50. The lowest BCUT2D eigenvalue weighted by Gasteiger charge is -2.03. The summed E-state index contributed by atoms with van der Waals surface area (Å²) >= 11 is 0. The number of pyridine rings is 1. The smallest absolute Gasteiger partial charge is 0.255 e. The van der Waals surface area contributed by atoms with E-state index in [9.17, 15) is 0 Å². The molecule has 4 heterocycles. The molecule has 1 aliphatic heterocycles. The van der Waals surface area contributed by atoms with Crippen LogP contribution in [-0.4, -0.2) is 33.3 Å². The van der Waals surface area contributed by atoms with Crippen LogP contribution in [0.5, 0.6) is 0 Å². The van der Waals surface area contributed by atoms with E-state index in [-0.39, 0.29) is 6.10 Å². The summed E-state index contributed by atoms with van der Waals surface area (Å²) in [5, 5.41) is 8.37. The number of aromatic amines is 1. The van der Waals surface area contributed by atoms with E-state index in [1.165, 1.54) is 0 Å². The van der Waals surface area contributed by atoms with Gasteiger partial charge in [0.2, 0.25) is 0 Å². The minimum absolute atomic E-state index is 0.0221. The van der Waals surface area contributed by atoms with Crippen molar-refractivity contribution in [2.75, 3.05) is 18.5 Å². The zero-order valence-electron chi connectivity index (χ0n) is 12.1. The average molecular weight is 299 g/mol. The molecule has 4 rings (SSSR count). The minimum atomic E-state index is -0.0221. The summed E-state index contributed by atoms with van der Waals surface area (Å²) in [6.07, 6.45) is 4.55. The lowest BCUT2D eigenvalue weighted by atomic mass is 10.2. The molecule has 1 aliphatic rings. The number of ether oxygens (including phenoxy) is 1. The summed E-state index contributed by atoms with van der Waals surface area (Å²) < 4.78 is 10.8. The summed E-state index contributed by atoms with van der Waals surface area (Å²) in [6.45, 7) is 1.47. The van der Waals surface area contributed by atoms with Gasteiger partial charge in [0.1, 0.15) is 17.6 Å². The number of hydrogen-bond donors (Lipinski definition) is 2. The summed E-state index contributed by atoms with van der Waals surface area (Å²) in [4.78, 5) is 12.0. The molecule has 0 bridgehead atoms.